The molecule has 2 heterocycles. The first-order valence-electron chi connectivity index (χ1n) is 7.82. The van der Waals surface area contributed by atoms with Crippen molar-refractivity contribution in [2.24, 2.45) is 0 Å². The lowest BCUT2D eigenvalue weighted by atomic mass is 10.2. The summed E-state index contributed by atoms with van der Waals surface area (Å²) < 4.78 is 0. The quantitative estimate of drug-likeness (QED) is 0.689. The van der Waals surface area contributed by atoms with Crippen LogP contribution in [0.4, 0.5) is 4.79 Å². The Morgan fingerprint density at radius 3 is 2.88 bits per heavy atom. The molecule has 0 bridgehead atoms. The fourth-order valence-electron chi connectivity index (χ4n) is 2.22. The van der Waals surface area contributed by atoms with E-state index in [9.17, 15) is 4.79 Å². The summed E-state index contributed by atoms with van der Waals surface area (Å²) >= 11 is 7.48. The molecule has 25 heavy (non-hydrogen) atoms. The number of hydrogen-bond donors (Lipinski definition) is 2. The van der Waals surface area contributed by atoms with Gasteiger partial charge in [0.25, 0.3) is 0 Å². The van der Waals surface area contributed by atoms with E-state index in [1.165, 1.54) is 0 Å². The molecule has 3 aromatic rings. The Bertz CT molecular complexity index is 838. The van der Waals surface area contributed by atoms with Crippen LogP contribution in [0.3, 0.4) is 0 Å². The summed E-state index contributed by atoms with van der Waals surface area (Å²) in [6.45, 7) is 0.958. The number of thiazole rings is 1. The van der Waals surface area contributed by atoms with Crippen molar-refractivity contribution in [3.63, 3.8) is 0 Å². The molecule has 2 amide bonds. The van der Waals surface area contributed by atoms with Crippen molar-refractivity contribution in [2.75, 3.05) is 6.54 Å². The van der Waals surface area contributed by atoms with Crippen LogP contribution < -0.4 is 10.6 Å². The van der Waals surface area contributed by atoms with Gasteiger partial charge in [-0.3, -0.25) is 4.98 Å². The number of nitrogens with one attached hydrogen (secondary N) is 2. The van der Waals surface area contributed by atoms with Gasteiger partial charge in [0, 0.05) is 36.1 Å². The normalized spacial score (nSPS) is 10.4. The summed E-state index contributed by atoms with van der Waals surface area (Å²) in [7, 11) is 0. The van der Waals surface area contributed by atoms with Gasteiger partial charge in [0.15, 0.2) is 0 Å². The Morgan fingerprint density at radius 2 is 2.08 bits per heavy atom. The van der Waals surface area contributed by atoms with Crippen molar-refractivity contribution in [1.29, 1.82) is 0 Å². The number of rotatable bonds is 6. The fourth-order valence-corrected chi connectivity index (χ4v) is 3.27. The maximum absolute atomic E-state index is 11.8. The third-order valence-corrected chi connectivity index (χ3v) is 4.59. The summed E-state index contributed by atoms with van der Waals surface area (Å²) in [6.07, 6.45) is 2.43. The highest BCUT2D eigenvalue weighted by Crippen LogP contribution is 2.21. The summed E-state index contributed by atoms with van der Waals surface area (Å²) in [5.74, 6) is 0. The molecule has 5 nitrogen and oxygen atoms in total. The number of halogens is 1. The van der Waals surface area contributed by atoms with E-state index in [2.05, 4.69) is 20.6 Å². The molecule has 7 heteroatoms. The Kier molecular flexibility index (Phi) is 5.98. The molecule has 2 N–H and O–H groups in total. The SMILES string of the molecule is O=C(NCCc1csc(-c2ccccn2)n1)NCc1cccc(Cl)c1. The number of pyridine rings is 1. The molecule has 0 aliphatic heterocycles. The average Bonchev–Trinajstić information content (AvgIpc) is 3.10. The third-order valence-electron chi connectivity index (χ3n) is 3.44. The minimum Gasteiger partial charge on any atom is -0.338 e. The van der Waals surface area contributed by atoms with Crippen molar-refractivity contribution < 1.29 is 4.79 Å². The van der Waals surface area contributed by atoms with Gasteiger partial charge < -0.3 is 10.6 Å². The fraction of sp³-hybridized carbons (Fsp3) is 0.167. The van der Waals surface area contributed by atoms with Crippen molar-refractivity contribution in [2.45, 2.75) is 13.0 Å². The molecule has 0 atom stereocenters. The van der Waals surface area contributed by atoms with Crippen molar-refractivity contribution in [3.8, 4) is 10.7 Å². The van der Waals surface area contributed by atoms with Gasteiger partial charge in [0.05, 0.1) is 11.4 Å². The van der Waals surface area contributed by atoms with Gasteiger partial charge in [-0.2, -0.15) is 0 Å². The highest BCUT2D eigenvalue weighted by atomic mass is 35.5. The summed E-state index contributed by atoms with van der Waals surface area (Å²) in [4.78, 5) is 20.7. The molecule has 0 fully saturated rings. The number of aromatic nitrogens is 2. The van der Waals surface area contributed by atoms with Gasteiger partial charge in [-0.15, -0.1) is 11.3 Å². The standard InChI is InChI=1S/C18H17ClN4OS/c19-14-5-3-4-13(10-14)11-22-18(24)21-9-7-15-12-25-17(23-15)16-6-1-2-8-20-16/h1-6,8,10,12H,7,9,11H2,(H2,21,22,24). The van der Waals surface area contributed by atoms with Gasteiger partial charge in [-0.1, -0.05) is 29.8 Å². The zero-order chi connectivity index (χ0) is 17.5. The molecule has 0 saturated heterocycles. The molecular formula is C18H17ClN4OS. The van der Waals surface area contributed by atoms with Crippen LogP contribution >= 0.6 is 22.9 Å². The van der Waals surface area contributed by atoms with Crippen LogP contribution in [0.5, 0.6) is 0 Å². The van der Waals surface area contributed by atoms with E-state index >= 15 is 0 Å². The number of carbonyl (C=O) groups excluding carboxylic acids is 1. The van der Waals surface area contributed by atoms with Crippen LogP contribution in [0.25, 0.3) is 10.7 Å². The van der Waals surface area contributed by atoms with Gasteiger partial charge >= 0.3 is 6.03 Å². The first kappa shape index (κ1) is 17.4. The van der Waals surface area contributed by atoms with Crippen LogP contribution in [-0.4, -0.2) is 22.5 Å². The number of urea groups is 1. The highest BCUT2D eigenvalue weighted by molar-refractivity contribution is 7.13. The number of nitrogens with zero attached hydrogens (tertiary/aromatic N) is 2. The Hall–Kier alpha value is -2.44. The Morgan fingerprint density at radius 1 is 1.16 bits per heavy atom. The maximum atomic E-state index is 11.8. The Balaban J connectivity index is 1.42. The second kappa shape index (κ2) is 8.60. The third kappa shape index (κ3) is 5.27. The molecule has 0 unspecified atom stereocenters. The lowest BCUT2D eigenvalue weighted by Crippen LogP contribution is -2.36. The van der Waals surface area contributed by atoms with E-state index in [0.29, 0.717) is 24.5 Å². The van der Waals surface area contributed by atoms with E-state index in [1.807, 2.05) is 41.8 Å². The van der Waals surface area contributed by atoms with Gasteiger partial charge in [0.2, 0.25) is 0 Å². The lowest BCUT2D eigenvalue weighted by molar-refractivity contribution is 0.240. The Labute approximate surface area is 155 Å². The largest absolute Gasteiger partial charge is 0.338 e. The smallest absolute Gasteiger partial charge is 0.315 e. The molecular weight excluding hydrogens is 356 g/mol. The molecule has 0 radical (unpaired) electrons. The van der Waals surface area contributed by atoms with E-state index in [-0.39, 0.29) is 6.03 Å². The zero-order valence-electron chi connectivity index (χ0n) is 13.4. The van der Waals surface area contributed by atoms with Crippen molar-refractivity contribution >= 4 is 29.0 Å². The minimum atomic E-state index is -0.208. The highest BCUT2D eigenvalue weighted by Gasteiger charge is 2.06. The van der Waals surface area contributed by atoms with Crippen LogP contribution in [0.15, 0.2) is 54.0 Å². The number of carbonyl (C=O) groups is 1. The average molecular weight is 373 g/mol. The number of hydrogen-bond acceptors (Lipinski definition) is 4. The molecule has 128 valence electrons. The van der Waals surface area contributed by atoms with Crippen molar-refractivity contribution in [1.82, 2.24) is 20.6 Å². The van der Waals surface area contributed by atoms with Crippen LogP contribution in [0.1, 0.15) is 11.3 Å². The van der Waals surface area contributed by atoms with Crippen molar-refractivity contribution in [3.05, 3.63) is 70.3 Å². The van der Waals surface area contributed by atoms with Crippen LogP contribution in [0, 0.1) is 0 Å². The number of benzene rings is 1. The predicted molar refractivity (Wildman–Crippen MR) is 101 cm³/mol. The molecule has 0 aliphatic carbocycles. The monoisotopic (exact) mass is 372 g/mol. The molecule has 0 spiro atoms. The van der Waals surface area contributed by atoms with Gasteiger partial charge in [-0.25, -0.2) is 9.78 Å². The van der Waals surface area contributed by atoms with E-state index in [1.54, 1.807) is 23.6 Å². The molecule has 0 aliphatic rings. The van der Waals surface area contributed by atoms with E-state index in [4.69, 9.17) is 11.6 Å². The summed E-state index contributed by atoms with van der Waals surface area (Å²) in [5.41, 5.74) is 2.77. The summed E-state index contributed by atoms with van der Waals surface area (Å²) in [6, 6.07) is 13.0. The molecule has 2 aromatic heterocycles. The first-order valence-corrected chi connectivity index (χ1v) is 9.08. The minimum absolute atomic E-state index is 0.208. The van der Waals surface area contributed by atoms with E-state index in [0.717, 1.165) is 22.0 Å². The molecule has 0 saturated carbocycles. The lowest BCUT2D eigenvalue weighted by Gasteiger charge is -2.07. The van der Waals surface area contributed by atoms with Crippen LogP contribution in [-0.2, 0) is 13.0 Å². The number of amides is 2. The predicted octanol–water partition coefficient (Wildman–Crippen LogP) is 3.90. The maximum Gasteiger partial charge on any atom is 0.315 e. The van der Waals surface area contributed by atoms with Gasteiger partial charge in [-0.05, 0) is 29.8 Å². The van der Waals surface area contributed by atoms with Crippen LogP contribution in [0.2, 0.25) is 5.02 Å². The van der Waals surface area contributed by atoms with E-state index < -0.39 is 0 Å². The van der Waals surface area contributed by atoms with Gasteiger partial charge in [0.1, 0.15) is 5.01 Å². The first-order chi connectivity index (χ1) is 12.2. The second-order valence-electron chi connectivity index (χ2n) is 5.35. The second-order valence-corrected chi connectivity index (χ2v) is 6.64. The topological polar surface area (TPSA) is 66.9 Å². The molecule has 3 rings (SSSR count). The zero-order valence-corrected chi connectivity index (χ0v) is 15.0. The summed E-state index contributed by atoms with van der Waals surface area (Å²) in [5, 5.41) is 9.18. The molecule has 1 aromatic carbocycles.